The van der Waals surface area contributed by atoms with Crippen molar-refractivity contribution < 1.29 is 38.9 Å². The van der Waals surface area contributed by atoms with E-state index < -0.39 is 24.3 Å². The van der Waals surface area contributed by atoms with Crippen molar-refractivity contribution >= 4 is 29.1 Å². The van der Waals surface area contributed by atoms with Gasteiger partial charge < -0.3 is 41.3 Å². The first kappa shape index (κ1) is 28.7. The van der Waals surface area contributed by atoms with Gasteiger partial charge in [-0.1, -0.05) is 5.16 Å². The van der Waals surface area contributed by atoms with Crippen LogP contribution >= 0.6 is 0 Å². The highest BCUT2D eigenvalue weighted by molar-refractivity contribution is 6.08. The van der Waals surface area contributed by atoms with Crippen LogP contribution < -0.4 is 25.8 Å². The first-order valence-corrected chi connectivity index (χ1v) is 11.8. The van der Waals surface area contributed by atoms with Crippen molar-refractivity contribution in [3.05, 3.63) is 82.7 Å². The number of halogens is 1. The Kier molecular flexibility index (Phi) is 9.65. The van der Waals surface area contributed by atoms with Crippen LogP contribution in [0.2, 0.25) is 0 Å². The van der Waals surface area contributed by atoms with E-state index in [-0.39, 0.29) is 47.8 Å². The Morgan fingerprint density at radius 1 is 1.10 bits per heavy atom. The summed E-state index contributed by atoms with van der Waals surface area (Å²) in [4.78, 5) is 24.2. The second kappa shape index (κ2) is 13.1. The second-order valence-electron chi connectivity index (χ2n) is 8.65. The summed E-state index contributed by atoms with van der Waals surface area (Å²) in [6.07, 6.45) is -0.263. The molecule has 0 atom stereocenters. The Balaban J connectivity index is 1.89. The molecule has 0 spiro atoms. The molecule has 39 heavy (non-hydrogen) atoms. The Labute approximate surface area is 223 Å². The van der Waals surface area contributed by atoms with Crippen LogP contribution in [0.25, 0.3) is 0 Å². The highest BCUT2D eigenvalue weighted by Crippen LogP contribution is 2.35. The number of hydrogen-bond donors (Lipinski definition) is 6. The van der Waals surface area contributed by atoms with Gasteiger partial charge in [-0.15, -0.1) is 0 Å². The molecule has 1 amide bonds. The van der Waals surface area contributed by atoms with E-state index in [0.717, 1.165) is 6.07 Å². The zero-order chi connectivity index (χ0) is 28.5. The average Bonchev–Trinajstić information content (AvgIpc) is 2.90. The van der Waals surface area contributed by atoms with Crippen LogP contribution in [0.3, 0.4) is 0 Å². The Hall–Kier alpha value is -4.84. The number of nitrogens with one attached hydrogen (secondary N) is 2. The van der Waals surface area contributed by atoms with Crippen molar-refractivity contribution in [2.45, 2.75) is 33.1 Å². The third-order valence-electron chi connectivity index (χ3n) is 5.32. The molecule has 0 heterocycles. The summed E-state index contributed by atoms with van der Waals surface area (Å²) in [6, 6.07) is 13.0. The minimum absolute atomic E-state index is 0.000446. The number of aliphatic hydroxyl groups excluding tert-OH is 1. The second-order valence-corrected chi connectivity index (χ2v) is 8.65. The van der Waals surface area contributed by atoms with Crippen molar-refractivity contribution in [3.63, 3.8) is 0 Å². The molecule has 7 N–H and O–H groups in total. The van der Waals surface area contributed by atoms with Gasteiger partial charge in [-0.3, -0.25) is 4.79 Å². The number of nitrogens with two attached hydrogens (primary N) is 1. The predicted octanol–water partition coefficient (Wildman–Crippen LogP) is 3.53. The zero-order valence-corrected chi connectivity index (χ0v) is 21.3. The number of aliphatic hydroxyl groups is 1. The molecule has 0 saturated carbocycles. The number of oxime groups is 1. The topological polar surface area (TPSA) is 176 Å². The summed E-state index contributed by atoms with van der Waals surface area (Å²) < 4.78 is 25.4. The molecule has 206 valence electrons. The lowest BCUT2D eigenvalue weighted by molar-refractivity contribution is -0.139. The Bertz CT molecular complexity index is 1360. The van der Waals surface area contributed by atoms with Gasteiger partial charge >= 0.3 is 5.97 Å². The molecular weight excluding hydrogens is 511 g/mol. The molecule has 3 aromatic rings. The number of amidine groups is 1. The van der Waals surface area contributed by atoms with Gasteiger partial charge in [0.15, 0.2) is 23.9 Å². The summed E-state index contributed by atoms with van der Waals surface area (Å²) in [5.41, 5.74) is 7.62. The Morgan fingerprint density at radius 3 is 2.44 bits per heavy atom. The van der Waals surface area contributed by atoms with Crippen LogP contribution in [0.1, 0.15) is 40.9 Å². The van der Waals surface area contributed by atoms with Gasteiger partial charge in [-0.25, -0.2) is 9.18 Å². The molecule has 0 aromatic heterocycles. The van der Waals surface area contributed by atoms with E-state index in [4.69, 9.17) is 25.5 Å². The number of carbonyl (C=O) groups excluding carboxylic acids is 1. The lowest BCUT2D eigenvalue weighted by Gasteiger charge is -2.20. The molecule has 0 aliphatic carbocycles. The molecule has 0 fully saturated rings. The van der Waals surface area contributed by atoms with Crippen molar-refractivity contribution in [2.24, 2.45) is 10.9 Å². The summed E-state index contributed by atoms with van der Waals surface area (Å²) in [5.74, 6) is -2.11. The fourth-order valence-corrected chi connectivity index (χ4v) is 3.61. The molecule has 0 unspecified atom stereocenters. The first-order valence-electron chi connectivity index (χ1n) is 11.8. The zero-order valence-electron chi connectivity index (χ0n) is 21.3. The van der Waals surface area contributed by atoms with E-state index >= 15 is 0 Å². The van der Waals surface area contributed by atoms with E-state index in [1.165, 1.54) is 12.1 Å². The van der Waals surface area contributed by atoms with Gasteiger partial charge in [0, 0.05) is 29.0 Å². The third kappa shape index (κ3) is 7.82. The molecule has 0 saturated heterocycles. The maximum absolute atomic E-state index is 14.1. The predicted molar refractivity (Wildman–Crippen MR) is 142 cm³/mol. The van der Waals surface area contributed by atoms with Crippen molar-refractivity contribution in [2.75, 3.05) is 17.2 Å². The molecule has 0 bridgehead atoms. The van der Waals surface area contributed by atoms with Crippen LogP contribution in [-0.2, 0) is 17.9 Å². The quantitative estimate of drug-likeness (QED) is 0.0868. The molecule has 0 aliphatic rings. The number of carboxylic acid groups (broad SMARTS) is 1. The summed E-state index contributed by atoms with van der Waals surface area (Å²) in [5, 5.41) is 36.3. The number of carbonyl (C=O) groups is 2. The van der Waals surface area contributed by atoms with E-state index in [9.17, 15) is 19.1 Å². The molecule has 11 nitrogen and oxygen atoms in total. The molecular formula is C27H29FN4O7. The summed E-state index contributed by atoms with van der Waals surface area (Å²) >= 11 is 0. The maximum Gasteiger partial charge on any atom is 0.341 e. The van der Waals surface area contributed by atoms with Gasteiger partial charge in [0.05, 0.1) is 18.3 Å². The summed E-state index contributed by atoms with van der Waals surface area (Å²) in [6.45, 7) is 2.67. The highest BCUT2D eigenvalue weighted by atomic mass is 19.1. The van der Waals surface area contributed by atoms with Gasteiger partial charge in [-0.05, 0) is 74.0 Å². The number of nitrogens with zero attached hydrogens (tertiary/aromatic N) is 1. The largest absolute Gasteiger partial charge is 0.487 e. The van der Waals surface area contributed by atoms with Gasteiger partial charge in [0.25, 0.3) is 5.91 Å². The minimum atomic E-state index is -1.19. The molecule has 3 rings (SSSR count). The smallest absolute Gasteiger partial charge is 0.341 e. The molecule has 0 radical (unpaired) electrons. The molecule has 0 aliphatic heterocycles. The van der Waals surface area contributed by atoms with Crippen LogP contribution in [-0.4, -0.2) is 45.8 Å². The molecule has 3 aromatic carbocycles. The Morgan fingerprint density at radius 2 is 1.82 bits per heavy atom. The lowest BCUT2D eigenvalue weighted by Crippen LogP contribution is -2.17. The van der Waals surface area contributed by atoms with Crippen molar-refractivity contribution in [1.29, 1.82) is 0 Å². The average molecular weight is 541 g/mol. The number of anilines is 2. The van der Waals surface area contributed by atoms with Crippen LogP contribution in [0.5, 0.6) is 11.5 Å². The van der Waals surface area contributed by atoms with Crippen LogP contribution in [0.15, 0.2) is 59.8 Å². The standard InChI is InChI=1S/C27H29FN4O7/c1-15(2)39-23-10-16(13-33)9-18(25(23)38-14-24(34)35)12-30-22-8-5-19(28)11-21(22)27(36)31-20-6-3-17(4-7-20)26(29)32-37/h3-11,15,30,33,37H,12-14H2,1-2H3,(H2,29,32)(H,31,36)(H,34,35). The summed E-state index contributed by atoms with van der Waals surface area (Å²) in [7, 11) is 0. The highest BCUT2D eigenvalue weighted by Gasteiger charge is 2.18. The van der Waals surface area contributed by atoms with Gasteiger partial charge in [0.2, 0.25) is 0 Å². The van der Waals surface area contributed by atoms with Gasteiger partial charge in [-0.2, -0.15) is 0 Å². The van der Waals surface area contributed by atoms with Crippen molar-refractivity contribution in [3.8, 4) is 11.5 Å². The lowest BCUT2D eigenvalue weighted by atomic mass is 10.1. The van der Waals surface area contributed by atoms with Gasteiger partial charge in [0.1, 0.15) is 5.82 Å². The monoisotopic (exact) mass is 540 g/mol. The SMILES string of the molecule is CC(C)Oc1cc(CO)cc(CNc2ccc(F)cc2C(=O)Nc2ccc(C(N)=NO)cc2)c1OCC(=O)O. The normalized spacial score (nSPS) is 11.3. The number of hydrogen-bond acceptors (Lipinski definition) is 8. The first-order chi connectivity index (χ1) is 18.6. The van der Waals surface area contributed by atoms with E-state index in [0.29, 0.717) is 22.4 Å². The van der Waals surface area contributed by atoms with Crippen molar-refractivity contribution in [1.82, 2.24) is 0 Å². The minimum Gasteiger partial charge on any atom is -0.487 e. The number of aliphatic carboxylic acids is 1. The fraction of sp³-hybridized carbons (Fsp3) is 0.222. The van der Waals surface area contributed by atoms with Crippen LogP contribution in [0.4, 0.5) is 15.8 Å². The number of amides is 1. The molecule has 12 heteroatoms. The van der Waals surface area contributed by atoms with Crippen LogP contribution in [0, 0.1) is 5.82 Å². The fourth-order valence-electron chi connectivity index (χ4n) is 3.61. The number of benzene rings is 3. The van der Waals surface area contributed by atoms with E-state index in [1.54, 1.807) is 50.2 Å². The number of rotatable bonds is 12. The number of ether oxygens (including phenoxy) is 2. The van der Waals surface area contributed by atoms with E-state index in [2.05, 4.69) is 15.8 Å². The van der Waals surface area contributed by atoms with E-state index in [1.807, 2.05) is 0 Å². The maximum atomic E-state index is 14.1. The third-order valence-corrected chi connectivity index (χ3v) is 5.32. The number of carboxylic acids is 1.